The number of carbonyl (C=O) groups excluding carboxylic acids is 1. The highest BCUT2D eigenvalue weighted by Gasteiger charge is 2.40. The second-order valence-electron chi connectivity index (χ2n) is 9.20. The molecule has 0 aliphatic rings. The quantitative estimate of drug-likeness (QED) is 0.176. The molecule has 0 aromatic heterocycles. The molecule has 0 amide bonds. The zero-order valence-electron chi connectivity index (χ0n) is 21.0. The van der Waals surface area contributed by atoms with Crippen LogP contribution in [0.25, 0.3) is 0 Å². The van der Waals surface area contributed by atoms with Crippen LogP contribution in [0.4, 0.5) is 0 Å². The van der Waals surface area contributed by atoms with Crippen molar-refractivity contribution in [1.29, 1.82) is 0 Å². The van der Waals surface area contributed by atoms with Gasteiger partial charge in [0.25, 0.3) is 14.3 Å². The molecule has 0 N–H and O–H groups in total. The van der Waals surface area contributed by atoms with Gasteiger partial charge in [-0.15, -0.1) is 0 Å². The van der Waals surface area contributed by atoms with E-state index in [0.29, 0.717) is 26.2 Å². The van der Waals surface area contributed by atoms with Crippen molar-refractivity contribution in [3.8, 4) is 0 Å². The van der Waals surface area contributed by atoms with E-state index in [1.54, 1.807) is 0 Å². The van der Waals surface area contributed by atoms with E-state index in [1.807, 2.05) is 26.5 Å². The Morgan fingerprint density at radius 2 is 1.27 bits per heavy atom. The fraction of sp³-hybridized carbons (Fsp3) is 0.870. The van der Waals surface area contributed by atoms with Gasteiger partial charge in [0.15, 0.2) is 0 Å². The predicted molar refractivity (Wildman–Crippen MR) is 130 cm³/mol. The number of hydrogen-bond acceptors (Lipinski definition) is 5. The molecule has 0 unspecified atom stereocenters. The van der Waals surface area contributed by atoms with Crippen molar-refractivity contribution in [2.75, 3.05) is 19.8 Å². The van der Waals surface area contributed by atoms with E-state index < -0.39 is 17.1 Å². The Labute approximate surface area is 188 Å². The summed E-state index contributed by atoms with van der Waals surface area (Å²) in [6.07, 6.45) is 10.5. The van der Waals surface area contributed by atoms with Gasteiger partial charge in [-0.3, -0.25) is 4.79 Å². The zero-order chi connectivity index (χ0) is 23.1. The Kier molecular flexibility index (Phi) is 15.1. The molecular weight excluding hydrogens is 412 g/mol. The van der Waals surface area contributed by atoms with Crippen LogP contribution in [0.1, 0.15) is 92.9 Å². The Balaban J connectivity index is 3.97. The first kappa shape index (κ1) is 29.5. The molecule has 0 saturated heterocycles. The molecule has 0 heterocycles. The molecule has 0 aromatic carbocycles. The third-order valence-electron chi connectivity index (χ3n) is 5.54. The summed E-state index contributed by atoms with van der Waals surface area (Å²) >= 11 is 0. The van der Waals surface area contributed by atoms with E-state index in [0.717, 1.165) is 25.7 Å². The van der Waals surface area contributed by atoms with Gasteiger partial charge in [0.2, 0.25) is 0 Å². The average Bonchev–Trinajstić information content (AvgIpc) is 2.62. The molecule has 0 aliphatic carbocycles. The second-order valence-corrected chi connectivity index (χ2v) is 16.3. The lowest BCUT2D eigenvalue weighted by atomic mass is 10.1. The van der Waals surface area contributed by atoms with E-state index in [4.69, 9.17) is 17.7 Å². The van der Waals surface area contributed by atoms with Crippen LogP contribution in [-0.4, -0.2) is 42.9 Å². The molecular formula is C23H48O5Si2. The fourth-order valence-corrected chi connectivity index (χ4v) is 6.01. The van der Waals surface area contributed by atoms with Crippen molar-refractivity contribution < 1.29 is 22.5 Å². The summed E-state index contributed by atoms with van der Waals surface area (Å²) in [5.74, 6) is -0.0164. The summed E-state index contributed by atoms with van der Waals surface area (Å²) in [5, 5.41) is 0.0766. The van der Waals surface area contributed by atoms with Gasteiger partial charge in [-0.05, 0) is 63.9 Å². The Morgan fingerprint density at radius 1 is 0.800 bits per heavy atom. The van der Waals surface area contributed by atoms with Gasteiger partial charge in [-0.2, -0.15) is 0 Å². The van der Waals surface area contributed by atoms with E-state index in [2.05, 4.69) is 39.9 Å². The predicted octanol–water partition coefficient (Wildman–Crippen LogP) is 6.80. The molecule has 0 bridgehead atoms. The monoisotopic (exact) mass is 460 g/mol. The Hall–Kier alpha value is -0.476. The third-order valence-corrected chi connectivity index (χ3v) is 12.6. The highest BCUT2D eigenvalue weighted by Crippen LogP contribution is 2.36. The van der Waals surface area contributed by atoms with Crippen LogP contribution in [-0.2, 0) is 22.5 Å². The van der Waals surface area contributed by atoms with Gasteiger partial charge in [0, 0.05) is 26.2 Å². The van der Waals surface area contributed by atoms with E-state index in [-0.39, 0.29) is 11.0 Å². The summed E-state index contributed by atoms with van der Waals surface area (Å²) < 4.78 is 23.3. The second kappa shape index (κ2) is 15.3. The molecule has 0 aliphatic heterocycles. The number of unbranched alkanes of at least 4 members (excludes halogenated alkanes) is 6. The first-order valence-corrected chi connectivity index (χ1v) is 16.6. The van der Waals surface area contributed by atoms with Crippen molar-refractivity contribution in [3.05, 3.63) is 11.8 Å². The van der Waals surface area contributed by atoms with E-state index >= 15 is 0 Å². The van der Waals surface area contributed by atoms with Crippen molar-refractivity contribution in [2.45, 2.75) is 111 Å². The fourth-order valence-electron chi connectivity index (χ4n) is 2.83. The Morgan fingerprint density at radius 3 is 1.73 bits per heavy atom. The summed E-state index contributed by atoms with van der Waals surface area (Å²) in [5.41, 5.74) is 2.04. The van der Waals surface area contributed by atoms with Crippen molar-refractivity contribution in [3.63, 3.8) is 0 Å². The van der Waals surface area contributed by atoms with Gasteiger partial charge < -0.3 is 17.7 Å². The van der Waals surface area contributed by atoms with Crippen LogP contribution < -0.4 is 0 Å². The highest BCUT2D eigenvalue weighted by molar-refractivity contribution is 6.75. The van der Waals surface area contributed by atoms with Gasteiger partial charge in [0.1, 0.15) is 0 Å². The van der Waals surface area contributed by atoms with Gasteiger partial charge in [-0.1, -0.05) is 52.5 Å². The first-order valence-electron chi connectivity index (χ1n) is 11.8. The number of rotatable bonds is 17. The minimum Gasteiger partial charge on any atom is -0.519 e. The number of carbonyl (C=O) groups is 1. The zero-order valence-corrected chi connectivity index (χ0v) is 23.0. The van der Waals surface area contributed by atoms with Crippen LogP contribution in [0.15, 0.2) is 11.8 Å². The minimum atomic E-state index is -2.64. The molecule has 178 valence electrons. The van der Waals surface area contributed by atoms with Crippen LogP contribution in [0.3, 0.4) is 0 Å². The molecule has 0 aromatic rings. The van der Waals surface area contributed by atoms with E-state index in [1.165, 1.54) is 19.3 Å². The van der Waals surface area contributed by atoms with E-state index in [9.17, 15) is 4.79 Å². The maximum absolute atomic E-state index is 12.1. The van der Waals surface area contributed by atoms with Gasteiger partial charge >= 0.3 is 8.80 Å². The average molecular weight is 461 g/mol. The van der Waals surface area contributed by atoms with Crippen LogP contribution in [0.2, 0.25) is 18.1 Å². The largest absolute Gasteiger partial charge is 0.529 e. The third kappa shape index (κ3) is 12.4. The van der Waals surface area contributed by atoms with Crippen LogP contribution >= 0.6 is 0 Å². The molecule has 0 saturated carbocycles. The molecule has 0 spiro atoms. The highest BCUT2D eigenvalue weighted by atomic mass is 28.4. The van der Waals surface area contributed by atoms with Crippen LogP contribution in [0, 0.1) is 0 Å². The molecule has 0 rings (SSSR count). The summed E-state index contributed by atoms with van der Waals surface area (Å²) in [6, 6.07) is 0. The number of hydrogen-bond donors (Lipinski definition) is 0. The SMILES string of the molecule is CCO[Si](C=CCCCCCCCCC(=O)O[Si](C)(C)C(C)(C)C)(OCC)OCC. The molecule has 30 heavy (non-hydrogen) atoms. The molecule has 7 heteroatoms. The Bertz CT molecular complexity index is 469. The normalized spacial score (nSPS) is 13.2. The maximum Gasteiger partial charge on any atom is 0.529 e. The molecule has 0 fully saturated rings. The molecule has 5 nitrogen and oxygen atoms in total. The van der Waals surface area contributed by atoms with Gasteiger partial charge in [0.05, 0.1) is 0 Å². The summed E-state index contributed by atoms with van der Waals surface area (Å²) in [7, 11) is -4.61. The standard InChI is InChI=1S/C23H48O5Si2/c1-9-25-30(26-10-2,27-11-3)21-19-17-15-13-12-14-16-18-20-22(24)28-29(7,8)23(4,5)6/h19,21H,9-18,20H2,1-8H3. The van der Waals surface area contributed by atoms with Crippen LogP contribution in [0.5, 0.6) is 0 Å². The summed E-state index contributed by atoms with van der Waals surface area (Å²) in [6.45, 7) is 18.4. The van der Waals surface area contributed by atoms with Crippen molar-refractivity contribution >= 4 is 23.1 Å². The van der Waals surface area contributed by atoms with Gasteiger partial charge in [-0.25, -0.2) is 0 Å². The van der Waals surface area contributed by atoms with Crippen molar-refractivity contribution in [1.82, 2.24) is 0 Å². The van der Waals surface area contributed by atoms with Crippen molar-refractivity contribution in [2.24, 2.45) is 0 Å². The molecule has 0 atom stereocenters. The topological polar surface area (TPSA) is 54.0 Å². The number of allylic oxidation sites excluding steroid dienone is 1. The first-order chi connectivity index (χ1) is 14.0. The lowest BCUT2D eigenvalue weighted by Crippen LogP contribution is -2.44. The minimum absolute atomic E-state index is 0.0164. The lowest BCUT2D eigenvalue weighted by molar-refractivity contribution is -0.135. The summed E-state index contributed by atoms with van der Waals surface area (Å²) in [4.78, 5) is 12.1. The maximum atomic E-state index is 12.1. The molecule has 0 radical (unpaired) electrons. The lowest BCUT2D eigenvalue weighted by Gasteiger charge is -2.35. The smallest absolute Gasteiger partial charge is 0.519 e.